The van der Waals surface area contributed by atoms with Gasteiger partial charge in [0.25, 0.3) is 0 Å². The molecule has 0 radical (unpaired) electrons. The summed E-state index contributed by atoms with van der Waals surface area (Å²) in [6.07, 6.45) is 7.61. The van der Waals surface area contributed by atoms with Crippen molar-refractivity contribution in [1.82, 2.24) is 0 Å². The van der Waals surface area contributed by atoms with Crippen molar-refractivity contribution in [3.63, 3.8) is 0 Å². The van der Waals surface area contributed by atoms with Crippen LogP contribution in [0.5, 0.6) is 0 Å². The van der Waals surface area contributed by atoms with Gasteiger partial charge >= 0.3 is 6.36 Å². The normalized spacial score (nSPS) is 24.5. The van der Waals surface area contributed by atoms with Gasteiger partial charge in [-0.3, -0.25) is 0 Å². The number of halogens is 3. The van der Waals surface area contributed by atoms with Crippen LogP contribution in [0.2, 0.25) is 0 Å². The number of alkyl halides is 3. The minimum atomic E-state index is -4.54. The Hall–Kier alpha value is -0.670. The van der Waals surface area contributed by atoms with Crippen molar-refractivity contribution >= 4 is 0 Å². The smallest absolute Gasteiger partial charge is 0.410 e. The number of rotatable bonds is 3. The second-order valence-electron chi connectivity index (χ2n) is 5.85. The summed E-state index contributed by atoms with van der Waals surface area (Å²) >= 11 is 0. The fourth-order valence-electron chi connectivity index (χ4n) is 3.31. The van der Waals surface area contributed by atoms with Gasteiger partial charge in [-0.25, -0.2) is 0 Å². The summed E-state index contributed by atoms with van der Waals surface area (Å²) in [7, 11) is 0. The van der Waals surface area contributed by atoms with E-state index in [1.165, 1.54) is 6.42 Å². The summed E-state index contributed by atoms with van der Waals surface area (Å²) < 4.78 is 42.0. The predicted molar refractivity (Wildman–Crippen MR) is 68.4 cm³/mol. The molecule has 4 heteroatoms. The van der Waals surface area contributed by atoms with Crippen LogP contribution in [0, 0.1) is 11.8 Å². The van der Waals surface area contributed by atoms with E-state index in [0.29, 0.717) is 0 Å². The van der Waals surface area contributed by atoms with E-state index >= 15 is 0 Å². The van der Waals surface area contributed by atoms with E-state index in [2.05, 4.69) is 4.74 Å². The van der Waals surface area contributed by atoms with Crippen molar-refractivity contribution in [3.05, 3.63) is 11.8 Å². The molecule has 0 N–H and O–H groups in total. The van der Waals surface area contributed by atoms with Crippen molar-refractivity contribution in [2.75, 3.05) is 0 Å². The molecule has 19 heavy (non-hydrogen) atoms. The molecule has 0 aromatic rings. The van der Waals surface area contributed by atoms with Crippen molar-refractivity contribution in [2.24, 2.45) is 11.8 Å². The Bertz CT molecular complexity index is 297. The maximum Gasteiger partial charge on any atom is 0.572 e. The molecule has 1 nitrogen and oxygen atoms in total. The molecule has 0 heterocycles. The molecule has 2 aliphatic rings. The Morgan fingerprint density at radius 3 is 1.89 bits per heavy atom. The number of hydrogen-bond acceptors (Lipinski definition) is 1. The van der Waals surface area contributed by atoms with Crippen LogP contribution in [0.1, 0.15) is 64.2 Å². The highest BCUT2D eigenvalue weighted by atomic mass is 19.4. The maximum absolute atomic E-state index is 12.6. The van der Waals surface area contributed by atoms with E-state index in [9.17, 15) is 13.2 Å². The third kappa shape index (κ3) is 5.07. The monoisotopic (exact) mass is 276 g/mol. The largest absolute Gasteiger partial charge is 0.572 e. The van der Waals surface area contributed by atoms with Crippen LogP contribution >= 0.6 is 0 Å². The highest BCUT2D eigenvalue weighted by molar-refractivity contribution is 5.03. The molecule has 0 atom stereocenters. The molecule has 0 aliphatic heterocycles. The van der Waals surface area contributed by atoms with Gasteiger partial charge in [0.1, 0.15) is 5.76 Å². The molecule has 0 spiro atoms. The topological polar surface area (TPSA) is 9.23 Å². The fourth-order valence-corrected chi connectivity index (χ4v) is 3.31. The lowest BCUT2D eigenvalue weighted by molar-refractivity contribution is -0.309. The Balaban J connectivity index is 2.05. The lowest BCUT2D eigenvalue weighted by Crippen LogP contribution is -2.21. The molecular weight excluding hydrogens is 253 g/mol. The van der Waals surface area contributed by atoms with Crippen LogP contribution in [0.25, 0.3) is 0 Å². The van der Waals surface area contributed by atoms with Gasteiger partial charge in [-0.05, 0) is 37.7 Å². The average molecular weight is 276 g/mol. The van der Waals surface area contributed by atoms with E-state index < -0.39 is 6.36 Å². The summed E-state index contributed by atoms with van der Waals surface area (Å²) in [4.78, 5) is 0. The number of allylic oxidation sites excluding steroid dienone is 2. The van der Waals surface area contributed by atoms with Crippen LogP contribution in [0.4, 0.5) is 13.2 Å². The zero-order chi connectivity index (χ0) is 13.7. The van der Waals surface area contributed by atoms with Crippen molar-refractivity contribution in [1.29, 1.82) is 0 Å². The van der Waals surface area contributed by atoms with E-state index in [0.717, 1.165) is 57.8 Å². The SMILES string of the molecule is FC(F)(F)OC(=CC1CCCCC1)C1CCCCC1. The van der Waals surface area contributed by atoms with Gasteiger partial charge < -0.3 is 4.74 Å². The summed E-state index contributed by atoms with van der Waals surface area (Å²) in [5.41, 5.74) is 0. The molecule has 0 saturated heterocycles. The van der Waals surface area contributed by atoms with Crippen molar-refractivity contribution in [3.8, 4) is 0 Å². The number of ether oxygens (including phenoxy) is 1. The van der Waals surface area contributed by atoms with Crippen molar-refractivity contribution in [2.45, 2.75) is 70.6 Å². The van der Waals surface area contributed by atoms with Crippen LogP contribution < -0.4 is 0 Å². The molecule has 110 valence electrons. The molecule has 2 fully saturated rings. The fraction of sp³-hybridized carbons (Fsp3) is 0.867. The maximum atomic E-state index is 12.6. The first-order valence-corrected chi connectivity index (χ1v) is 7.52. The zero-order valence-electron chi connectivity index (χ0n) is 11.3. The molecule has 2 aliphatic carbocycles. The minimum absolute atomic E-state index is 0.0164. The lowest BCUT2D eigenvalue weighted by Gasteiger charge is -2.27. The van der Waals surface area contributed by atoms with Gasteiger partial charge in [0, 0.05) is 5.92 Å². The van der Waals surface area contributed by atoms with E-state index in [4.69, 9.17) is 0 Å². The molecular formula is C15H23F3O. The standard InChI is InChI=1S/C15H23F3O/c16-15(17,18)19-14(13-9-5-2-6-10-13)11-12-7-3-1-4-8-12/h11-13H,1-10H2. The molecule has 0 aromatic heterocycles. The van der Waals surface area contributed by atoms with Crippen LogP contribution in [-0.4, -0.2) is 6.36 Å². The Labute approximate surface area is 113 Å². The minimum Gasteiger partial charge on any atom is -0.410 e. The summed E-state index contributed by atoms with van der Waals surface area (Å²) in [5.74, 6) is 0.476. The second-order valence-corrected chi connectivity index (χ2v) is 5.85. The molecule has 2 saturated carbocycles. The Morgan fingerprint density at radius 2 is 1.37 bits per heavy atom. The van der Waals surface area contributed by atoms with Gasteiger partial charge in [0.05, 0.1) is 0 Å². The molecule has 0 bridgehead atoms. The molecule has 2 rings (SSSR count). The lowest BCUT2D eigenvalue weighted by atomic mass is 9.84. The first kappa shape index (κ1) is 14.7. The summed E-state index contributed by atoms with van der Waals surface area (Å²) in [6, 6.07) is 0. The quantitative estimate of drug-likeness (QED) is 0.612. The van der Waals surface area contributed by atoms with E-state index in [1.54, 1.807) is 6.08 Å². The van der Waals surface area contributed by atoms with Gasteiger partial charge in [-0.2, -0.15) is 0 Å². The average Bonchev–Trinajstić information content (AvgIpc) is 2.39. The number of hydrogen-bond donors (Lipinski definition) is 0. The van der Waals surface area contributed by atoms with Crippen molar-refractivity contribution < 1.29 is 17.9 Å². The Morgan fingerprint density at radius 1 is 0.842 bits per heavy atom. The van der Waals surface area contributed by atoms with Crippen LogP contribution in [0.3, 0.4) is 0 Å². The Kier molecular flexibility index (Phi) is 5.17. The third-order valence-corrected chi connectivity index (χ3v) is 4.29. The molecule has 0 aromatic carbocycles. The third-order valence-electron chi connectivity index (χ3n) is 4.29. The van der Waals surface area contributed by atoms with Crippen LogP contribution in [-0.2, 0) is 4.74 Å². The highest BCUT2D eigenvalue weighted by Gasteiger charge is 2.35. The predicted octanol–water partition coefficient (Wildman–Crippen LogP) is 5.57. The summed E-state index contributed by atoms with van der Waals surface area (Å²) in [5, 5.41) is 0. The highest BCUT2D eigenvalue weighted by Crippen LogP contribution is 2.36. The van der Waals surface area contributed by atoms with Gasteiger partial charge in [0.2, 0.25) is 0 Å². The van der Waals surface area contributed by atoms with Crippen LogP contribution in [0.15, 0.2) is 11.8 Å². The van der Waals surface area contributed by atoms with Gasteiger partial charge in [0.15, 0.2) is 0 Å². The van der Waals surface area contributed by atoms with Gasteiger partial charge in [-0.1, -0.05) is 38.5 Å². The van der Waals surface area contributed by atoms with E-state index in [-0.39, 0.29) is 17.6 Å². The first-order valence-electron chi connectivity index (χ1n) is 7.52. The van der Waals surface area contributed by atoms with Gasteiger partial charge in [-0.15, -0.1) is 13.2 Å². The molecule has 0 amide bonds. The zero-order valence-corrected chi connectivity index (χ0v) is 11.3. The summed E-state index contributed by atoms with van der Waals surface area (Å²) in [6.45, 7) is 0. The van der Waals surface area contributed by atoms with E-state index in [1.807, 2.05) is 0 Å². The first-order chi connectivity index (χ1) is 9.04. The second kappa shape index (κ2) is 6.67. The molecule has 0 unspecified atom stereocenters.